The Labute approximate surface area is 104 Å². The van der Waals surface area contributed by atoms with E-state index in [0.29, 0.717) is 12.2 Å². The average Bonchev–Trinajstić information content (AvgIpc) is 2.26. The summed E-state index contributed by atoms with van der Waals surface area (Å²) in [5, 5.41) is 0. The molecule has 3 heteroatoms. The molecule has 98 valence electrons. The van der Waals surface area contributed by atoms with Gasteiger partial charge in [-0.15, -0.1) is 0 Å². The number of hydrogen-bond acceptors (Lipinski definition) is 3. The molecular weight excluding hydrogens is 216 g/mol. The van der Waals surface area contributed by atoms with Crippen molar-refractivity contribution in [2.24, 2.45) is 5.41 Å². The maximum absolute atomic E-state index is 11.7. The van der Waals surface area contributed by atoms with Crippen molar-refractivity contribution in [3.8, 4) is 0 Å². The SMILES string of the molecule is CCC1(C)C(=O)CC1OC1CC(C)OC(C)C1. The van der Waals surface area contributed by atoms with Crippen molar-refractivity contribution >= 4 is 5.78 Å². The fraction of sp³-hybridized carbons (Fsp3) is 0.929. The van der Waals surface area contributed by atoms with Gasteiger partial charge in [0.15, 0.2) is 0 Å². The van der Waals surface area contributed by atoms with Gasteiger partial charge in [0.05, 0.1) is 29.8 Å². The summed E-state index contributed by atoms with van der Waals surface area (Å²) in [6.07, 6.45) is 4.32. The first-order valence-electron chi connectivity index (χ1n) is 6.80. The van der Waals surface area contributed by atoms with Gasteiger partial charge in [-0.25, -0.2) is 0 Å². The molecule has 2 rings (SSSR count). The van der Waals surface area contributed by atoms with Crippen LogP contribution in [0.1, 0.15) is 53.4 Å². The highest BCUT2D eigenvalue weighted by Gasteiger charge is 2.51. The molecule has 4 unspecified atom stereocenters. The molecule has 1 saturated heterocycles. The van der Waals surface area contributed by atoms with E-state index in [0.717, 1.165) is 19.3 Å². The summed E-state index contributed by atoms with van der Waals surface area (Å²) in [7, 11) is 0. The lowest BCUT2D eigenvalue weighted by molar-refractivity contribution is -0.185. The van der Waals surface area contributed by atoms with Crippen LogP contribution in [-0.4, -0.2) is 30.2 Å². The maximum Gasteiger partial charge on any atom is 0.143 e. The fourth-order valence-electron chi connectivity index (χ4n) is 2.99. The van der Waals surface area contributed by atoms with E-state index in [1.54, 1.807) is 0 Å². The van der Waals surface area contributed by atoms with Crippen molar-refractivity contribution in [1.82, 2.24) is 0 Å². The summed E-state index contributed by atoms with van der Waals surface area (Å²) >= 11 is 0. The van der Waals surface area contributed by atoms with Crippen LogP contribution in [-0.2, 0) is 14.3 Å². The number of carbonyl (C=O) groups is 1. The van der Waals surface area contributed by atoms with Crippen LogP contribution in [0.4, 0.5) is 0 Å². The van der Waals surface area contributed by atoms with Gasteiger partial charge in [0.1, 0.15) is 5.78 Å². The minimum absolute atomic E-state index is 0.127. The number of rotatable bonds is 3. The summed E-state index contributed by atoms with van der Waals surface area (Å²) < 4.78 is 11.8. The Hall–Kier alpha value is -0.410. The zero-order valence-corrected chi connectivity index (χ0v) is 11.4. The van der Waals surface area contributed by atoms with Crippen LogP contribution in [0, 0.1) is 5.41 Å². The van der Waals surface area contributed by atoms with Gasteiger partial charge in [0, 0.05) is 6.42 Å². The highest BCUT2D eigenvalue weighted by atomic mass is 16.5. The topological polar surface area (TPSA) is 35.5 Å². The zero-order chi connectivity index (χ0) is 12.6. The molecular formula is C14H24O3. The van der Waals surface area contributed by atoms with E-state index in [2.05, 4.69) is 20.8 Å². The lowest BCUT2D eigenvalue weighted by Crippen LogP contribution is -2.55. The summed E-state index contributed by atoms with van der Waals surface area (Å²) in [6.45, 7) is 8.30. The number of ketones is 1. The van der Waals surface area contributed by atoms with Gasteiger partial charge in [0.25, 0.3) is 0 Å². The van der Waals surface area contributed by atoms with E-state index < -0.39 is 0 Å². The third-order valence-corrected chi connectivity index (χ3v) is 4.46. The Bertz CT molecular complexity index is 292. The Kier molecular flexibility index (Phi) is 3.60. The first-order valence-corrected chi connectivity index (χ1v) is 6.80. The Morgan fingerprint density at radius 2 is 1.94 bits per heavy atom. The van der Waals surface area contributed by atoms with Gasteiger partial charge in [-0.3, -0.25) is 4.79 Å². The smallest absolute Gasteiger partial charge is 0.143 e. The van der Waals surface area contributed by atoms with Crippen LogP contribution >= 0.6 is 0 Å². The van der Waals surface area contributed by atoms with Crippen LogP contribution in [0.5, 0.6) is 0 Å². The van der Waals surface area contributed by atoms with Crippen molar-refractivity contribution in [3.05, 3.63) is 0 Å². The van der Waals surface area contributed by atoms with Gasteiger partial charge in [-0.1, -0.05) is 13.8 Å². The van der Waals surface area contributed by atoms with Gasteiger partial charge in [0.2, 0.25) is 0 Å². The Balaban J connectivity index is 1.91. The standard InChI is InChI=1S/C14H24O3/c1-5-14(4)12(15)8-13(14)17-11-6-9(2)16-10(3)7-11/h9-11,13H,5-8H2,1-4H3. The molecule has 0 spiro atoms. The molecule has 17 heavy (non-hydrogen) atoms. The highest BCUT2D eigenvalue weighted by molar-refractivity contribution is 5.91. The summed E-state index contributed by atoms with van der Waals surface area (Å²) in [6, 6.07) is 0. The second kappa shape index (κ2) is 4.69. The van der Waals surface area contributed by atoms with E-state index in [-0.39, 0.29) is 29.8 Å². The molecule has 2 fully saturated rings. The van der Waals surface area contributed by atoms with Crippen molar-refractivity contribution in [2.45, 2.75) is 77.8 Å². The van der Waals surface area contributed by atoms with Crippen LogP contribution in [0.3, 0.4) is 0 Å². The molecule has 0 aromatic carbocycles. The Morgan fingerprint density at radius 3 is 2.41 bits per heavy atom. The number of ether oxygens (including phenoxy) is 2. The molecule has 3 nitrogen and oxygen atoms in total. The van der Waals surface area contributed by atoms with Gasteiger partial charge in [-0.2, -0.15) is 0 Å². The molecule has 0 aromatic heterocycles. The number of carbonyl (C=O) groups excluding carboxylic acids is 1. The van der Waals surface area contributed by atoms with Gasteiger partial charge in [-0.05, 0) is 33.1 Å². The molecule has 4 atom stereocenters. The molecule has 1 aliphatic carbocycles. The summed E-state index contributed by atoms with van der Waals surface area (Å²) in [5.41, 5.74) is -0.231. The van der Waals surface area contributed by atoms with Crippen LogP contribution in [0.2, 0.25) is 0 Å². The third-order valence-electron chi connectivity index (χ3n) is 4.46. The average molecular weight is 240 g/mol. The number of hydrogen-bond donors (Lipinski definition) is 0. The zero-order valence-electron chi connectivity index (χ0n) is 11.4. The van der Waals surface area contributed by atoms with Crippen molar-refractivity contribution in [2.75, 3.05) is 0 Å². The highest BCUT2D eigenvalue weighted by Crippen LogP contribution is 2.43. The first-order chi connectivity index (χ1) is 7.95. The fourth-order valence-corrected chi connectivity index (χ4v) is 2.99. The van der Waals surface area contributed by atoms with E-state index in [9.17, 15) is 4.79 Å². The Morgan fingerprint density at radius 1 is 1.35 bits per heavy atom. The number of Topliss-reactive ketones (excluding diaryl/α,β-unsaturated/α-hetero) is 1. The van der Waals surface area contributed by atoms with E-state index in [4.69, 9.17) is 9.47 Å². The van der Waals surface area contributed by atoms with E-state index >= 15 is 0 Å². The maximum atomic E-state index is 11.7. The van der Waals surface area contributed by atoms with Crippen LogP contribution in [0.25, 0.3) is 0 Å². The predicted octanol–water partition coefficient (Wildman–Crippen LogP) is 2.72. The van der Waals surface area contributed by atoms with Crippen molar-refractivity contribution in [1.29, 1.82) is 0 Å². The van der Waals surface area contributed by atoms with Gasteiger partial charge < -0.3 is 9.47 Å². The predicted molar refractivity (Wildman–Crippen MR) is 65.9 cm³/mol. The molecule has 0 bridgehead atoms. The minimum atomic E-state index is -0.231. The molecule has 1 saturated carbocycles. The molecule has 1 aliphatic heterocycles. The minimum Gasteiger partial charge on any atom is -0.375 e. The van der Waals surface area contributed by atoms with Gasteiger partial charge >= 0.3 is 0 Å². The van der Waals surface area contributed by atoms with E-state index in [1.165, 1.54) is 0 Å². The van der Waals surface area contributed by atoms with Crippen LogP contribution in [0.15, 0.2) is 0 Å². The largest absolute Gasteiger partial charge is 0.375 e. The second-order valence-corrected chi connectivity index (χ2v) is 5.87. The molecule has 2 aliphatic rings. The lowest BCUT2D eigenvalue weighted by atomic mass is 9.64. The quantitative estimate of drug-likeness (QED) is 0.761. The second-order valence-electron chi connectivity index (χ2n) is 5.87. The normalized spacial score (nSPS) is 46.7. The molecule has 0 radical (unpaired) electrons. The van der Waals surface area contributed by atoms with Crippen molar-refractivity contribution in [3.63, 3.8) is 0 Å². The molecule has 0 N–H and O–H groups in total. The summed E-state index contributed by atoms with van der Waals surface area (Å²) in [5.74, 6) is 0.359. The first kappa shape index (κ1) is 13.0. The molecule has 0 amide bonds. The van der Waals surface area contributed by atoms with Crippen molar-refractivity contribution < 1.29 is 14.3 Å². The lowest BCUT2D eigenvalue weighted by Gasteiger charge is -2.47. The molecule has 0 aromatic rings. The van der Waals surface area contributed by atoms with Crippen LogP contribution < -0.4 is 0 Å². The third kappa shape index (κ3) is 2.41. The van der Waals surface area contributed by atoms with E-state index in [1.807, 2.05) is 6.92 Å². The monoisotopic (exact) mass is 240 g/mol. The summed E-state index contributed by atoms with van der Waals surface area (Å²) in [4.78, 5) is 11.7. The molecule has 1 heterocycles.